The van der Waals surface area contributed by atoms with Crippen LogP contribution in [0.4, 0.5) is 4.39 Å². The Bertz CT molecular complexity index is 598. The van der Waals surface area contributed by atoms with Gasteiger partial charge in [-0.05, 0) is 43.3 Å². The Morgan fingerprint density at radius 1 is 1.36 bits per heavy atom. The summed E-state index contributed by atoms with van der Waals surface area (Å²) in [7, 11) is 0. The first-order chi connectivity index (χ1) is 10.6. The van der Waals surface area contributed by atoms with Crippen LogP contribution in [0, 0.1) is 5.82 Å². The number of furan rings is 1. The molecule has 1 unspecified atom stereocenters. The normalized spacial score (nSPS) is 12.4. The third-order valence-corrected chi connectivity index (χ3v) is 3.46. The number of benzene rings is 1. The van der Waals surface area contributed by atoms with E-state index in [0.717, 1.165) is 11.3 Å². The van der Waals surface area contributed by atoms with Gasteiger partial charge < -0.3 is 9.73 Å². The molecule has 0 aliphatic rings. The summed E-state index contributed by atoms with van der Waals surface area (Å²) >= 11 is 0. The molecule has 0 bridgehead atoms. The zero-order valence-corrected chi connectivity index (χ0v) is 12.9. The highest BCUT2D eigenvalue weighted by molar-refractivity contribution is 5.78. The predicted octanol–water partition coefficient (Wildman–Crippen LogP) is 3.12. The van der Waals surface area contributed by atoms with E-state index < -0.39 is 0 Å². The maximum atomic E-state index is 13.2. The van der Waals surface area contributed by atoms with Crippen molar-refractivity contribution < 1.29 is 13.6 Å². The second-order valence-electron chi connectivity index (χ2n) is 5.24. The molecule has 1 amide bonds. The largest absolute Gasteiger partial charge is 0.467 e. The summed E-state index contributed by atoms with van der Waals surface area (Å²) in [5, 5.41) is 2.90. The van der Waals surface area contributed by atoms with Crippen LogP contribution in [0.25, 0.3) is 0 Å². The van der Waals surface area contributed by atoms with Crippen LogP contribution in [-0.2, 0) is 11.3 Å². The molecule has 1 heterocycles. The van der Waals surface area contributed by atoms with Crippen molar-refractivity contribution in [2.75, 3.05) is 13.1 Å². The summed E-state index contributed by atoms with van der Waals surface area (Å²) in [5.74, 6) is 0.383. The van der Waals surface area contributed by atoms with Gasteiger partial charge in [-0.3, -0.25) is 9.69 Å². The van der Waals surface area contributed by atoms with E-state index in [9.17, 15) is 9.18 Å². The van der Waals surface area contributed by atoms with Gasteiger partial charge in [-0.1, -0.05) is 19.1 Å². The fraction of sp³-hybridized carbons (Fsp3) is 0.353. The van der Waals surface area contributed by atoms with Crippen LogP contribution in [0.3, 0.4) is 0 Å². The van der Waals surface area contributed by atoms with Crippen molar-refractivity contribution in [3.63, 3.8) is 0 Å². The molecule has 0 saturated heterocycles. The van der Waals surface area contributed by atoms with Gasteiger partial charge in [0.15, 0.2) is 0 Å². The number of carbonyl (C=O) groups is 1. The van der Waals surface area contributed by atoms with E-state index in [4.69, 9.17) is 4.42 Å². The molecule has 4 nitrogen and oxygen atoms in total. The van der Waals surface area contributed by atoms with Gasteiger partial charge in [0, 0.05) is 6.54 Å². The van der Waals surface area contributed by atoms with Crippen LogP contribution in [0.2, 0.25) is 0 Å². The van der Waals surface area contributed by atoms with E-state index in [1.807, 2.05) is 30.9 Å². The van der Waals surface area contributed by atoms with Gasteiger partial charge in [-0.15, -0.1) is 0 Å². The zero-order valence-electron chi connectivity index (χ0n) is 12.9. The molecule has 2 rings (SSSR count). The van der Waals surface area contributed by atoms with Crippen molar-refractivity contribution in [2.45, 2.75) is 26.4 Å². The van der Waals surface area contributed by atoms with Crippen molar-refractivity contribution in [2.24, 2.45) is 0 Å². The summed E-state index contributed by atoms with van der Waals surface area (Å²) < 4.78 is 18.5. The lowest BCUT2D eigenvalue weighted by Crippen LogP contribution is -2.37. The third kappa shape index (κ3) is 4.70. The minimum absolute atomic E-state index is 0.0813. The molecule has 118 valence electrons. The van der Waals surface area contributed by atoms with Crippen LogP contribution >= 0.6 is 0 Å². The molecule has 0 aliphatic heterocycles. The molecule has 22 heavy (non-hydrogen) atoms. The molecule has 2 aromatic rings. The number of rotatable bonds is 7. The highest BCUT2D eigenvalue weighted by Crippen LogP contribution is 2.12. The van der Waals surface area contributed by atoms with Crippen molar-refractivity contribution in [3.8, 4) is 0 Å². The van der Waals surface area contributed by atoms with Crippen molar-refractivity contribution in [3.05, 3.63) is 59.8 Å². The molecule has 1 aromatic carbocycles. The number of nitrogens with one attached hydrogen (secondary N) is 1. The van der Waals surface area contributed by atoms with Gasteiger partial charge in [0.2, 0.25) is 5.91 Å². The van der Waals surface area contributed by atoms with Crippen LogP contribution in [0.1, 0.15) is 31.2 Å². The molecule has 0 aliphatic carbocycles. The average molecular weight is 304 g/mol. The number of carbonyl (C=O) groups excluding carboxylic acids is 1. The predicted molar refractivity (Wildman–Crippen MR) is 82.6 cm³/mol. The Balaban J connectivity index is 1.88. The molecule has 1 aromatic heterocycles. The van der Waals surface area contributed by atoms with Gasteiger partial charge >= 0.3 is 0 Å². The molecule has 0 radical (unpaired) electrons. The van der Waals surface area contributed by atoms with Crippen molar-refractivity contribution in [1.29, 1.82) is 0 Å². The van der Waals surface area contributed by atoms with Crippen LogP contribution in [0.5, 0.6) is 0 Å². The Morgan fingerprint density at radius 2 is 2.18 bits per heavy atom. The van der Waals surface area contributed by atoms with Gasteiger partial charge in [-0.2, -0.15) is 0 Å². The standard InChI is InChI=1S/C17H21FN2O2/c1-3-20(11-14-6-4-7-15(18)10-14)12-17(21)19-13(2)16-8-5-9-22-16/h4-10,13H,3,11-12H2,1-2H3,(H,19,21). The maximum absolute atomic E-state index is 13.2. The topological polar surface area (TPSA) is 45.5 Å². The second-order valence-corrected chi connectivity index (χ2v) is 5.24. The van der Waals surface area contributed by atoms with E-state index in [1.165, 1.54) is 12.1 Å². The summed E-state index contributed by atoms with van der Waals surface area (Å²) in [6.45, 7) is 5.36. The first-order valence-corrected chi connectivity index (χ1v) is 7.38. The van der Waals surface area contributed by atoms with Crippen LogP contribution in [-0.4, -0.2) is 23.9 Å². The maximum Gasteiger partial charge on any atom is 0.234 e. The molecule has 1 N–H and O–H groups in total. The summed E-state index contributed by atoms with van der Waals surface area (Å²) in [5.41, 5.74) is 0.855. The zero-order chi connectivity index (χ0) is 15.9. The first kappa shape index (κ1) is 16.2. The SMILES string of the molecule is CCN(CC(=O)NC(C)c1ccco1)Cc1cccc(F)c1. The number of likely N-dealkylation sites (N-methyl/N-ethyl adjacent to an activating group) is 1. The molecular formula is C17H21FN2O2. The van der Waals surface area contributed by atoms with E-state index in [-0.39, 0.29) is 24.3 Å². The fourth-order valence-corrected chi connectivity index (χ4v) is 2.27. The molecule has 0 spiro atoms. The van der Waals surface area contributed by atoms with Crippen molar-refractivity contribution in [1.82, 2.24) is 10.2 Å². The summed E-state index contributed by atoms with van der Waals surface area (Å²) in [6.07, 6.45) is 1.58. The molecule has 0 saturated carbocycles. The summed E-state index contributed by atoms with van der Waals surface area (Å²) in [4.78, 5) is 14.1. The number of hydrogen-bond donors (Lipinski definition) is 1. The highest BCUT2D eigenvalue weighted by Gasteiger charge is 2.14. The van der Waals surface area contributed by atoms with Gasteiger partial charge in [0.05, 0.1) is 18.8 Å². The molecule has 5 heteroatoms. The first-order valence-electron chi connectivity index (χ1n) is 7.38. The monoisotopic (exact) mass is 304 g/mol. The van der Waals surface area contributed by atoms with E-state index in [0.29, 0.717) is 13.1 Å². The molecular weight excluding hydrogens is 283 g/mol. The van der Waals surface area contributed by atoms with Gasteiger partial charge in [0.1, 0.15) is 11.6 Å². The third-order valence-electron chi connectivity index (χ3n) is 3.46. The number of nitrogens with zero attached hydrogens (tertiary/aromatic N) is 1. The van der Waals surface area contributed by atoms with E-state index in [2.05, 4.69) is 5.32 Å². The molecule has 1 atom stereocenters. The van der Waals surface area contributed by atoms with E-state index >= 15 is 0 Å². The lowest BCUT2D eigenvalue weighted by Gasteiger charge is -2.21. The quantitative estimate of drug-likeness (QED) is 0.855. The fourth-order valence-electron chi connectivity index (χ4n) is 2.27. The number of amides is 1. The van der Waals surface area contributed by atoms with Crippen LogP contribution < -0.4 is 5.32 Å². The van der Waals surface area contributed by atoms with Gasteiger partial charge in [-0.25, -0.2) is 4.39 Å². The Kier molecular flexibility index (Phi) is 5.72. The lowest BCUT2D eigenvalue weighted by atomic mass is 10.2. The Morgan fingerprint density at radius 3 is 2.82 bits per heavy atom. The minimum atomic E-state index is -0.260. The number of halogens is 1. The lowest BCUT2D eigenvalue weighted by molar-refractivity contribution is -0.123. The smallest absolute Gasteiger partial charge is 0.234 e. The average Bonchev–Trinajstić information content (AvgIpc) is 3.00. The van der Waals surface area contributed by atoms with E-state index in [1.54, 1.807) is 18.4 Å². The second kappa shape index (κ2) is 7.75. The Labute approximate surface area is 129 Å². The minimum Gasteiger partial charge on any atom is -0.467 e. The van der Waals surface area contributed by atoms with Crippen molar-refractivity contribution >= 4 is 5.91 Å². The van der Waals surface area contributed by atoms with Crippen LogP contribution in [0.15, 0.2) is 47.1 Å². The highest BCUT2D eigenvalue weighted by atomic mass is 19.1. The number of hydrogen-bond acceptors (Lipinski definition) is 3. The summed E-state index contributed by atoms with van der Waals surface area (Å²) in [6, 6.07) is 9.89. The molecule has 0 fully saturated rings. The van der Waals surface area contributed by atoms with Gasteiger partial charge in [0.25, 0.3) is 0 Å². The Hall–Kier alpha value is -2.14.